The molecule has 0 saturated carbocycles. The molecule has 1 rings (SSSR count). The lowest BCUT2D eigenvalue weighted by Gasteiger charge is -2.33. The third-order valence-electron chi connectivity index (χ3n) is 8.57. The van der Waals surface area contributed by atoms with E-state index in [1.165, 1.54) is 186 Å². The van der Waals surface area contributed by atoms with Crippen molar-refractivity contribution in [3.05, 3.63) is 12.4 Å². The smallest absolute Gasteiger partial charge is 0.101 e. The first kappa shape index (κ1) is 34.4. The van der Waals surface area contributed by atoms with Gasteiger partial charge in [0.05, 0.1) is 0 Å². The van der Waals surface area contributed by atoms with Crippen molar-refractivity contribution in [1.29, 1.82) is 0 Å². The van der Waals surface area contributed by atoms with E-state index >= 15 is 0 Å². The first-order valence-corrected chi connectivity index (χ1v) is 17.5. The summed E-state index contributed by atoms with van der Waals surface area (Å²) in [5.74, 6) is 0. The van der Waals surface area contributed by atoms with Crippen molar-refractivity contribution in [2.75, 3.05) is 13.1 Å². The minimum atomic E-state index is 0.641. The van der Waals surface area contributed by atoms with Crippen molar-refractivity contribution in [3.63, 3.8) is 0 Å². The molecule has 1 aliphatic heterocycles. The predicted octanol–water partition coefficient (Wildman–Crippen LogP) is 12.0. The zero-order chi connectivity index (χ0) is 26.7. The summed E-state index contributed by atoms with van der Waals surface area (Å²) >= 11 is 0. The van der Waals surface area contributed by atoms with Crippen LogP contribution in [0, 0.1) is 0 Å². The van der Waals surface area contributed by atoms with Gasteiger partial charge < -0.3 is 9.80 Å². The van der Waals surface area contributed by atoms with Crippen LogP contribution in [0.1, 0.15) is 194 Å². The van der Waals surface area contributed by atoms with Gasteiger partial charge >= 0.3 is 0 Å². The number of nitrogens with zero attached hydrogens (tertiary/aromatic N) is 2. The van der Waals surface area contributed by atoms with Crippen molar-refractivity contribution in [3.8, 4) is 0 Å². The molecule has 0 aromatic rings. The maximum Gasteiger partial charge on any atom is 0.101 e. The van der Waals surface area contributed by atoms with Crippen LogP contribution < -0.4 is 0 Å². The van der Waals surface area contributed by atoms with Crippen molar-refractivity contribution < 1.29 is 0 Å². The molecule has 0 N–H and O–H groups in total. The van der Waals surface area contributed by atoms with Crippen molar-refractivity contribution >= 4 is 0 Å². The Bertz CT molecular complexity index is 474. The highest BCUT2D eigenvalue weighted by Gasteiger charge is 2.24. The number of hydrogen-bond donors (Lipinski definition) is 0. The third-order valence-corrected chi connectivity index (χ3v) is 8.57. The van der Waals surface area contributed by atoms with E-state index in [0.717, 1.165) is 0 Å². The molecule has 2 nitrogen and oxygen atoms in total. The summed E-state index contributed by atoms with van der Waals surface area (Å²) in [6.07, 6.45) is 44.0. The average Bonchev–Trinajstić information content (AvgIpc) is 3.29. The normalized spacial score (nSPS) is 15.4. The standard InChI is InChI=1S/C35H70N2/c1-4-7-10-12-14-16-18-19-21-23-25-27-29-32-37-34-33-36(31-9-6-3)35(37)30-28-26-24-22-20-17-15-13-11-8-5-2/h33-35H,4-32H2,1-3H3. The van der Waals surface area contributed by atoms with E-state index in [1.54, 1.807) is 0 Å². The van der Waals surface area contributed by atoms with E-state index in [1.807, 2.05) is 0 Å². The Balaban J connectivity index is 2.07. The van der Waals surface area contributed by atoms with Crippen LogP contribution in [0.5, 0.6) is 0 Å². The van der Waals surface area contributed by atoms with E-state index in [-0.39, 0.29) is 0 Å². The predicted molar refractivity (Wildman–Crippen MR) is 168 cm³/mol. The molecular formula is C35H70N2. The monoisotopic (exact) mass is 519 g/mol. The van der Waals surface area contributed by atoms with E-state index in [0.29, 0.717) is 6.17 Å². The van der Waals surface area contributed by atoms with Gasteiger partial charge in [0.2, 0.25) is 0 Å². The lowest BCUT2D eigenvalue weighted by Crippen LogP contribution is -2.39. The van der Waals surface area contributed by atoms with Crippen LogP contribution in [0.3, 0.4) is 0 Å². The Morgan fingerprint density at radius 2 is 0.649 bits per heavy atom. The van der Waals surface area contributed by atoms with Crippen LogP contribution in [0.15, 0.2) is 12.4 Å². The van der Waals surface area contributed by atoms with Crippen LogP contribution in [0.2, 0.25) is 0 Å². The van der Waals surface area contributed by atoms with Gasteiger partial charge in [0.25, 0.3) is 0 Å². The molecule has 1 atom stereocenters. The minimum absolute atomic E-state index is 0.641. The summed E-state index contributed by atoms with van der Waals surface area (Å²) in [7, 11) is 0. The van der Waals surface area contributed by atoms with Gasteiger partial charge in [-0.1, -0.05) is 168 Å². The fourth-order valence-corrected chi connectivity index (χ4v) is 5.98. The lowest BCUT2D eigenvalue weighted by molar-refractivity contribution is 0.136. The third kappa shape index (κ3) is 20.0. The molecule has 1 unspecified atom stereocenters. The lowest BCUT2D eigenvalue weighted by atomic mass is 10.0. The Morgan fingerprint density at radius 1 is 0.351 bits per heavy atom. The van der Waals surface area contributed by atoms with Crippen molar-refractivity contribution in [2.24, 2.45) is 0 Å². The van der Waals surface area contributed by atoms with Gasteiger partial charge in [0.1, 0.15) is 6.17 Å². The van der Waals surface area contributed by atoms with Gasteiger partial charge in [-0.05, 0) is 25.7 Å². The van der Waals surface area contributed by atoms with Gasteiger partial charge in [0.15, 0.2) is 0 Å². The maximum atomic E-state index is 2.69. The number of rotatable bonds is 29. The van der Waals surface area contributed by atoms with Crippen LogP contribution in [-0.4, -0.2) is 29.1 Å². The highest BCUT2D eigenvalue weighted by molar-refractivity contribution is 4.96. The molecule has 0 saturated heterocycles. The van der Waals surface area contributed by atoms with E-state index in [4.69, 9.17) is 0 Å². The van der Waals surface area contributed by atoms with E-state index < -0.39 is 0 Å². The quantitative estimate of drug-likeness (QED) is 0.0908. The molecule has 2 heteroatoms. The molecule has 0 spiro atoms. The molecule has 0 bridgehead atoms. The van der Waals surface area contributed by atoms with Gasteiger partial charge in [-0.3, -0.25) is 0 Å². The second-order valence-corrected chi connectivity index (χ2v) is 12.2. The molecule has 0 aliphatic carbocycles. The molecule has 1 heterocycles. The first-order valence-electron chi connectivity index (χ1n) is 17.5. The highest BCUT2D eigenvalue weighted by atomic mass is 15.4. The van der Waals surface area contributed by atoms with Crippen LogP contribution in [0.4, 0.5) is 0 Å². The highest BCUT2D eigenvalue weighted by Crippen LogP contribution is 2.23. The van der Waals surface area contributed by atoms with E-state index in [9.17, 15) is 0 Å². The van der Waals surface area contributed by atoms with Crippen LogP contribution >= 0.6 is 0 Å². The molecule has 0 fully saturated rings. The summed E-state index contributed by atoms with van der Waals surface area (Å²) in [5, 5.41) is 0. The van der Waals surface area contributed by atoms with E-state index in [2.05, 4.69) is 43.0 Å². The number of hydrogen-bond acceptors (Lipinski definition) is 2. The molecule has 37 heavy (non-hydrogen) atoms. The molecule has 1 aliphatic rings. The Labute approximate surface area is 235 Å². The zero-order valence-electron chi connectivity index (χ0n) is 26.1. The topological polar surface area (TPSA) is 6.48 Å². The Morgan fingerprint density at radius 3 is 1.03 bits per heavy atom. The summed E-state index contributed by atoms with van der Waals surface area (Å²) in [6.45, 7) is 9.45. The average molecular weight is 519 g/mol. The minimum Gasteiger partial charge on any atom is -0.356 e. The van der Waals surface area contributed by atoms with Crippen molar-refractivity contribution in [1.82, 2.24) is 9.80 Å². The molecule has 0 radical (unpaired) electrons. The second kappa shape index (κ2) is 26.9. The zero-order valence-corrected chi connectivity index (χ0v) is 26.1. The molecular weight excluding hydrogens is 448 g/mol. The molecule has 0 aromatic carbocycles. The largest absolute Gasteiger partial charge is 0.356 e. The Hall–Kier alpha value is -0.660. The van der Waals surface area contributed by atoms with Crippen LogP contribution in [-0.2, 0) is 0 Å². The summed E-state index contributed by atoms with van der Waals surface area (Å²) in [4.78, 5) is 5.34. The van der Waals surface area contributed by atoms with Gasteiger partial charge in [-0.25, -0.2) is 0 Å². The van der Waals surface area contributed by atoms with Gasteiger partial charge in [0, 0.05) is 25.5 Å². The number of unbranched alkanes of at least 4 members (excludes halogenated alkanes) is 23. The molecule has 220 valence electrons. The molecule has 0 amide bonds. The summed E-state index contributed by atoms with van der Waals surface area (Å²) < 4.78 is 0. The molecule has 0 aromatic heterocycles. The van der Waals surface area contributed by atoms with Gasteiger partial charge in [-0.2, -0.15) is 0 Å². The summed E-state index contributed by atoms with van der Waals surface area (Å²) in [6, 6.07) is 0. The first-order chi connectivity index (χ1) is 18.3. The van der Waals surface area contributed by atoms with Crippen molar-refractivity contribution in [2.45, 2.75) is 200 Å². The second-order valence-electron chi connectivity index (χ2n) is 12.2. The fourth-order valence-electron chi connectivity index (χ4n) is 5.98. The van der Waals surface area contributed by atoms with Gasteiger partial charge in [-0.15, -0.1) is 0 Å². The fraction of sp³-hybridized carbons (Fsp3) is 0.943. The SMILES string of the molecule is CCCCCCCCCCCCCCCN1C=CN(CCCC)C1CCCCCCCCCCCCC. The van der Waals surface area contributed by atoms with Crippen LogP contribution in [0.25, 0.3) is 0 Å². The maximum absolute atomic E-state index is 2.69. The Kier molecular flexibility index (Phi) is 25.0. The summed E-state index contributed by atoms with van der Waals surface area (Å²) in [5.41, 5.74) is 0.